The molecule has 0 fully saturated rings. The molecule has 0 aliphatic carbocycles. The van der Waals surface area contributed by atoms with Gasteiger partial charge in [0.05, 0.1) is 13.2 Å². The number of carbonyl (C=O) groups is 2. The van der Waals surface area contributed by atoms with Crippen LogP contribution in [0.1, 0.15) is 25.7 Å². The van der Waals surface area contributed by atoms with Crippen LogP contribution in [0.25, 0.3) is 10.1 Å². The molecule has 0 saturated carbocycles. The molecule has 0 bridgehead atoms. The van der Waals surface area contributed by atoms with Crippen molar-refractivity contribution in [3.63, 3.8) is 0 Å². The van der Waals surface area contributed by atoms with Crippen LogP contribution in [0.5, 0.6) is 5.75 Å². The van der Waals surface area contributed by atoms with Crippen molar-refractivity contribution in [1.29, 1.82) is 0 Å². The van der Waals surface area contributed by atoms with E-state index in [2.05, 4.69) is 5.32 Å². The minimum atomic E-state index is -0.879. The van der Waals surface area contributed by atoms with Gasteiger partial charge >= 0.3 is 0 Å². The van der Waals surface area contributed by atoms with Gasteiger partial charge in [0.25, 0.3) is 11.8 Å². The van der Waals surface area contributed by atoms with Gasteiger partial charge < -0.3 is 20.1 Å². The highest BCUT2D eigenvalue weighted by molar-refractivity contribution is 7.19. The Balaban J connectivity index is 1.58. The third kappa shape index (κ3) is 3.87. The van der Waals surface area contributed by atoms with E-state index >= 15 is 0 Å². The van der Waals surface area contributed by atoms with E-state index < -0.39 is 23.0 Å². The zero-order valence-electron chi connectivity index (χ0n) is 17.1. The van der Waals surface area contributed by atoms with Gasteiger partial charge in [-0.3, -0.25) is 24.1 Å². The summed E-state index contributed by atoms with van der Waals surface area (Å²) in [5, 5.41) is 15.9. The summed E-state index contributed by atoms with van der Waals surface area (Å²) >= 11 is 1.56. The van der Waals surface area contributed by atoms with Crippen LogP contribution in [0.4, 0.5) is 0 Å². The Bertz CT molecular complexity index is 1190. The number of fused-ring (bicyclic) bond motifs is 2. The van der Waals surface area contributed by atoms with Crippen LogP contribution in [-0.2, 0) is 11.3 Å². The van der Waals surface area contributed by atoms with Gasteiger partial charge in [-0.25, -0.2) is 0 Å². The number of rotatable bonds is 6. The second kappa shape index (κ2) is 8.40. The van der Waals surface area contributed by atoms with E-state index in [0.717, 1.165) is 15.0 Å². The molecule has 162 valence electrons. The number of thiophene rings is 1. The Morgan fingerprint density at radius 2 is 2.06 bits per heavy atom. The third-order valence-corrected chi connectivity index (χ3v) is 6.22. The zero-order valence-corrected chi connectivity index (χ0v) is 17.9. The maximum atomic E-state index is 12.7. The van der Waals surface area contributed by atoms with Crippen molar-refractivity contribution in [2.24, 2.45) is 0 Å². The fourth-order valence-corrected chi connectivity index (χ4v) is 4.51. The van der Waals surface area contributed by atoms with Crippen molar-refractivity contribution >= 4 is 33.2 Å². The van der Waals surface area contributed by atoms with Gasteiger partial charge in [-0.05, 0) is 17.5 Å². The summed E-state index contributed by atoms with van der Waals surface area (Å²) in [4.78, 5) is 40.5. The maximum absolute atomic E-state index is 12.7. The highest BCUT2D eigenvalue weighted by Crippen LogP contribution is 2.25. The normalized spacial score (nSPS) is 13.5. The van der Waals surface area contributed by atoms with Gasteiger partial charge in [0.2, 0.25) is 5.43 Å². The number of nitrogens with zero attached hydrogens (tertiary/aromatic N) is 3. The number of pyridine rings is 1. The van der Waals surface area contributed by atoms with Gasteiger partial charge in [0, 0.05) is 36.5 Å². The van der Waals surface area contributed by atoms with Crippen molar-refractivity contribution in [2.75, 3.05) is 39.0 Å². The molecule has 0 saturated heterocycles. The van der Waals surface area contributed by atoms with E-state index in [1.54, 1.807) is 23.4 Å². The van der Waals surface area contributed by atoms with E-state index in [1.807, 2.05) is 30.3 Å². The first-order chi connectivity index (χ1) is 14.9. The van der Waals surface area contributed by atoms with Gasteiger partial charge in [0.15, 0.2) is 11.4 Å². The Morgan fingerprint density at radius 1 is 1.29 bits per heavy atom. The van der Waals surface area contributed by atoms with Gasteiger partial charge in [-0.2, -0.15) is 0 Å². The molecule has 3 aromatic rings. The summed E-state index contributed by atoms with van der Waals surface area (Å²) in [6.45, 7) is 1.10. The SMILES string of the molecule is COCCN1CN(C)n2cc(C(=O)NCc3cc4ccccc4s3)c(=O)c(O)c2C1=O. The minimum Gasteiger partial charge on any atom is -0.502 e. The molecule has 2 N–H and O–H groups in total. The number of carbonyl (C=O) groups excluding carboxylic acids is 2. The van der Waals surface area contributed by atoms with Crippen LogP contribution in [0.2, 0.25) is 0 Å². The lowest BCUT2D eigenvalue weighted by Gasteiger charge is -2.37. The number of aromatic nitrogens is 1. The molecular formula is C21H22N4O5S. The molecule has 4 rings (SSSR count). The number of hydrogen-bond donors (Lipinski definition) is 2. The second-order valence-electron chi connectivity index (χ2n) is 7.21. The molecule has 1 aliphatic rings. The van der Waals surface area contributed by atoms with E-state index in [4.69, 9.17) is 4.74 Å². The summed E-state index contributed by atoms with van der Waals surface area (Å²) in [5.74, 6) is -1.86. The van der Waals surface area contributed by atoms with Crippen molar-refractivity contribution in [3.05, 3.63) is 62.9 Å². The highest BCUT2D eigenvalue weighted by atomic mass is 32.1. The summed E-state index contributed by atoms with van der Waals surface area (Å²) in [6.07, 6.45) is 1.29. The van der Waals surface area contributed by atoms with Gasteiger partial charge in [0.1, 0.15) is 12.2 Å². The van der Waals surface area contributed by atoms with Gasteiger partial charge in [-0.15, -0.1) is 11.3 Å². The Hall–Kier alpha value is -3.37. The van der Waals surface area contributed by atoms with E-state index in [9.17, 15) is 19.5 Å². The first kappa shape index (κ1) is 20.9. The number of nitrogens with one attached hydrogen (secondary N) is 1. The predicted molar refractivity (Wildman–Crippen MR) is 117 cm³/mol. The highest BCUT2D eigenvalue weighted by Gasteiger charge is 2.32. The molecule has 3 heterocycles. The Kier molecular flexibility index (Phi) is 5.66. The van der Waals surface area contributed by atoms with E-state index in [0.29, 0.717) is 13.2 Å². The predicted octanol–water partition coefficient (Wildman–Crippen LogP) is 1.33. The molecule has 1 aromatic carbocycles. The monoisotopic (exact) mass is 442 g/mol. The van der Waals surface area contributed by atoms with Crippen LogP contribution in [0.3, 0.4) is 0 Å². The molecule has 2 amide bonds. The van der Waals surface area contributed by atoms with Crippen LogP contribution >= 0.6 is 11.3 Å². The molecule has 0 unspecified atom stereocenters. The van der Waals surface area contributed by atoms with E-state index in [1.165, 1.54) is 22.9 Å². The minimum absolute atomic E-state index is 0.170. The zero-order chi connectivity index (χ0) is 22.1. The maximum Gasteiger partial charge on any atom is 0.277 e. The molecule has 1 aliphatic heterocycles. The number of amides is 2. The number of hydrogen-bond acceptors (Lipinski definition) is 7. The quantitative estimate of drug-likeness (QED) is 0.597. The summed E-state index contributed by atoms with van der Waals surface area (Å²) < 4.78 is 7.46. The lowest BCUT2D eigenvalue weighted by molar-refractivity contribution is 0.0629. The van der Waals surface area contributed by atoms with Crippen molar-refractivity contribution in [3.8, 4) is 5.75 Å². The summed E-state index contributed by atoms with van der Waals surface area (Å²) in [7, 11) is 3.22. The lowest BCUT2D eigenvalue weighted by Crippen LogP contribution is -2.53. The smallest absolute Gasteiger partial charge is 0.277 e. The largest absolute Gasteiger partial charge is 0.502 e. The molecule has 0 spiro atoms. The second-order valence-corrected chi connectivity index (χ2v) is 8.38. The first-order valence-electron chi connectivity index (χ1n) is 9.64. The lowest BCUT2D eigenvalue weighted by atomic mass is 10.1. The Morgan fingerprint density at radius 3 is 2.81 bits per heavy atom. The van der Waals surface area contributed by atoms with Crippen molar-refractivity contribution < 1.29 is 19.4 Å². The fourth-order valence-electron chi connectivity index (χ4n) is 3.51. The first-order valence-corrected chi connectivity index (χ1v) is 10.5. The molecule has 0 atom stereocenters. The summed E-state index contributed by atoms with van der Waals surface area (Å²) in [5.41, 5.74) is -1.28. The van der Waals surface area contributed by atoms with Crippen LogP contribution < -0.4 is 15.8 Å². The van der Waals surface area contributed by atoms with Crippen LogP contribution in [-0.4, -0.2) is 60.5 Å². The molecule has 0 radical (unpaired) electrons. The average molecular weight is 442 g/mol. The van der Waals surface area contributed by atoms with Crippen molar-refractivity contribution in [1.82, 2.24) is 14.9 Å². The number of ether oxygens (including phenoxy) is 1. The van der Waals surface area contributed by atoms with Crippen molar-refractivity contribution in [2.45, 2.75) is 6.54 Å². The Labute approximate surface area is 182 Å². The summed E-state index contributed by atoms with van der Waals surface area (Å²) in [6, 6.07) is 9.88. The molecule has 31 heavy (non-hydrogen) atoms. The molecule has 9 nitrogen and oxygen atoms in total. The van der Waals surface area contributed by atoms with Crippen LogP contribution in [0.15, 0.2) is 41.3 Å². The van der Waals surface area contributed by atoms with Crippen LogP contribution in [0, 0.1) is 0 Å². The molecule has 10 heteroatoms. The van der Waals surface area contributed by atoms with E-state index in [-0.39, 0.29) is 24.5 Å². The number of methoxy groups -OCH3 is 1. The standard InChI is InChI=1S/C21H22N4O5S/c1-23-12-24(7-8-30-2)21(29)17-19(27)18(26)15(11-25(17)23)20(28)22-10-14-9-13-5-3-4-6-16(13)31-14/h3-6,9,11,27H,7-8,10,12H2,1-2H3,(H,22,28). The van der Waals surface area contributed by atoms with Gasteiger partial charge in [-0.1, -0.05) is 18.2 Å². The third-order valence-electron chi connectivity index (χ3n) is 5.11. The fraction of sp³-hybridized carbons (Fsp3) is 0.286. The molecular weight excluding hydrogens is 420 g/mol. The number of aromatic hydroxyl groups is 1. The molecule has 2 aromatic heterocycles. The number of benzene rings is 1. The average Bonchev–Trinajstić information content (AvgIpc) is 3.18. The topological polar surface area (TPSA) is 104 Å².